The number of anilines is 1. The van der Waals surface area contributed by atoms with Crippen LogP contribution in [0.1, 0.15) is 26.3 Å². The van der Waals surface area contributed by atoms with Crippen molar-refractivity contribution in [2.75, 3.05) is 30.3 Å². The molecule has 164 valence electrons. The summed E-state index contributed by atoms with van der Waals surface area (Å²) in [5.74, 6) is -0.839. The van der Waals surface area contributed by atoms with Crippen molar-refractivity contribution in [1.82, 2.24) is 4.90 Å². The number of methoxy groups -OCH3 is 1. The maximum Gasteiger partial charge on any atom is 0.337 e. The zero-order chi connectivity index (χ0) is 22.8. The monoisotopic (exact) mass is 462 g/mol. The molecule has 10 heteroatoms. The smallest absolute Gasteiger partial charge is 0.337 e. The maximum absolute atomic E-state index is 13.2. The second-order valence-electron chi connectivity index (χ2n) is 7.12. The molecule has 0 bridgehead atoms. The normalized spacial score (nSPS) is 16.1. The Kier molecular flexibility index (Phi) is 6.71. The molecule has 0 aromatic heterocycles. The van der Waals surface area contributed by atoms with Crippen LogP contribution in [0.25, 0.3) is 0 Å². The van der Waals surface area contributed by atoms with Gasteiger partial charge in [-0.15, -0.1) is 11.8 Å². The summed E-state index contributed by atoms with van der Waals surface area (Å²) in [7, 11) is -2.36. The topological polar surface area (TPSA) is 110 Å². The first-order valence-corrected chi connectivity index (χ1v) is 12.3. The van der Waals surface area contributed by atoms with Crippen LogP contribution in [-0.2, 0) is 19.4 Å². The lowest BCUT2D eigenvalue weighted by Crippen LogP contribution is -2.44. The number of sulfone groups is 1. The fourth-order valence-electron chi connectivity index (χ4n) is 3.22. The highest BCUT2D eigenvalue weighted by Crippen LogP contribution is 2.27. The molecule has 1 aliphatic rings. The Morgan fingerprint density at radius 1 is 1.16 bits per heavy atom. The second-order valence-corrected chi connectivity index (χ2v) is 10.1. The zero-order valence-electron chi connectivity index (χ0n) is 17.2. The molecule has 1 saturated heterocycles. The number of nitrogens with zero attached hydrogens (tertiary/aromatic N) is 1. The van der Waals surface area contributed by atoms with Crippen molar-refractivity contribution < 1.29 is 27.5 Å². The third kappa shape index (κ3) is 5.08. The Hall–Kier alpha value is -2.85. The van der Waals surface area contributed by atoms with Gasteiger partial charge in [-0.2, -0.15) is 0 Å². The molecule has 2 amide bonds. The van der Waals surface area contributed by atoms with E-state index in [4.69, 9.17) is 0 Å². The molecule has 0 aliphatic carbocycles. The minimum atomic E-state index is -3.63. The number of benzene rings is 2. The SMILES string of the molecule is COC(=O)c1cccc(NC(=O)C2CSCN2C(=O)c2cc(C)ccc2S(C)(=O)=O)c1. The Balaban J connectivity index is 1.85. The first-order valence-electron chi connectivity index (χ1n) is 9.30. The molecular weight excluding hydrogens is 440 g/mol. The first-order chi connectivity index (χ1) is 14.6. The summed E-state index contributed by atoms with van der Waals surface area (Å²) in [5, 5.41) is 2.72. The maximum atomic E-state index is 13.2. The van der Waals surface area contributed by atoms with Crippen LogP contribution in [0.2, 0.25) is 0 Å². The molecule has 2 aromatic carbocycles. The van der Waals surface area contributed by atoms with Crippen molar-refractivity contribution in [2.45, 2.75) is 17.9 Å². The van der Waals surface area contributed by atoms with Crippen molar-refractivity contribution in [3.8, 4) is 0 Å². The minimum Gasteiger partial charge on any atom is -0.465 e. The number of hydrogen-bond donors (Lipinski definition) is 1. The van der Waals surface area contributed by atoms with Crippen LogP contribution in [0.15, 0.2) is 47.4 Å². The molecule has 1 aliphatic heterocycles. The van der Waals surface area contributed by atoms with E-state index >= 15 is 0 Å². The van der Waals surface area contributed by atoms with Crippen LogP contribution in [0.3, 0.4) is 0 Å². The molecule has 3 rings (SSSR count). The number of aryl methyl sites for hydroxylation is 1. The van der Waals surface area contributed by atoms with E-state index in [2.05, 4.69) is 10.1 Å². The lowest BCUT2D eigenvalue weighted by molar-refractivity contribution is -0.119. The quantitative estimate of drug-likeness (QED) is 0.679. The summed E-state index contributed by atoms with van der Waals surface area (Å²) in [6.45, 7) is 1.76. The van der Waals surface area contributed by atoms with Crippen molar-refractivity contribution >= 4 is 45.1 Å². The van der Waals surface area contributed by atoms with Gasteiger partial charge < -0.3 is 15.0 Å². The number of rotatable bonds is 5. The van der Waals surface area contributed by atoms with Gasteiger partial charge in [0.05, 0.1) is 29.0 Å². The van der Waals surface area contributed by atoms with Gasteiger partial charge in [0, 0.05) is 17.7 Å². The fourth-order valence-corrected chi connectivity index (χ4v) is 5.23. The van der Waals surface area contributed by atoms with Gasteiger partial charge >= 0.3 is 5.97 Å². The summed E-state index contributed by atoms with van der Waals surface area (Å²) >= 11 is 1.40. The average Bonchev–Trinajstić information content (AvgIpc) is 3.22. The van der Waals surface area contributed by atoms with Gasteiger partial charge in [-0.25, -0.2) is 13.2 Å². The van der Waals surface area contributed by atoms with Gasteiger partial charge in [0.1, 0.15) is 6.04 Å². The predicted octanol–water partition coefficient (Wildman–Crippen LogP) is 2.34. The molecule has 0 saturated carbocycles. The second kappa shape index (κ2) is 9.11. The Morgan fingerprint density at radius 2 is 1.90 bits per heavy atom. The highest BCUT2D eigenvalue weighted by Gasteiger charge is 2.36. The lowest BCUT2D eigenvalue weighted by atomic mass is 10.1. The number of ether oxygens (including phenoxy) is 1. The molecular formula is C21H22N2O6S2. The van der Waals surface area contributed by atoms with Crippen LogP contribution >= 0.6 is 11.8 Å². The van der Waals surface area contributed by atoms with Crippen LogP contribution in [-0.4, -0.2) is 62.1 Å². The summed E-state index contributed by atoms with van der Waals surface area (Å²) < 4.78 is 29.0. The molecule has 1 fully saturated rings. The van der Waals surface area contributed by atoms with E-state index in [0.717, 1.165) is 11.8 Å². The third-order valence-corrected chi connectivity index (χ3v) is 6.93. The predicted molar refractivity (Wildman–Crippen MR) is 118 cm³/mol. The van der Waals surface area contributed by atoms with E-state index in [-0.39, 0.29) is 21.9 Å². The fraction of sp³-hybridized carbons (Fsp3) is 0.286. The lowest BCUT2D eigenvalue weighted by Gasteiger charge is -2.24. The largest absolute Gasteiger partial charge is 0.465 e. The molecule has 1 N–H and O–H groups in total. The zero-order valence-corrected chi connectivity index (χ0v) is 18.9. The number of nitrogens with one attached hydrogen (secondary N) is 1. The van der Waals surface area contributed by atoms with Crippen molar-refractivity contribution in [2.24, 2.45) is 0 Å². The summed E-state index contributed by atoms with van der Waals surface area (Å²) in [6.07, 6.45) is 1.05. The standard InChI is InChI=1S/C21H22N2O6S2/c1-13-7-8-18(31(3,27)28)16(9-13)20(25)23-12-30-11-17(23)19(24)22-15-6-4-5-14(10-15)21(26)29-2/h4-10,17H,11-12H2,1-3H3,(H,22,24). The Labute approximate surface area is 184 Å². The van der Waals surface area contributed by atoms with Crippen LogP contribution in [0.5, 0.6) is 0 Å². The summed E-state index contributed by atoms with van der Waals surface area (Å²) in [6, 6.07) is 10.1. The highest BCUT2D eigenvalue weighted by molar-refractivity contribution is 7.99. The number of hydrogen-bond acceptors (Lipinski definition) is 7. The molecule has 1 heterocycles. The molecule has 1 atom stereocenters. The first kappa shape index (κ1) is 22.8. The third-order valence-electron chi connectivity index (χ3n) is 4.76. The van der Waals surface area contributed by atoms with Crippen molar-refractivity contribution in [1.29, 1.82) is 0 Å². The molecule has 8 nitrogen and oxygen atoms in total. The molecule has 2 aromatic rings. The summed E-state index contributed by atoms with van der Waals surface area (Å²) in [5.41, 5.74) is 1.47. The Bertz CT molecular complexity index is 1150. The summed E-state index contributed by atoms with van der Waals surface area (Å²) in [4.78, 5) is 39.1. The number of thioether (sulfide) groups is 1. The van der Waals surface area contributed by atoms with E-state index in [1.165, 1.54) is 42.0 Å². The number of amides is 2. The van der Waals surface area contributed by atoms with E-state index in [1.54, 1.807) is 31.2 Å². The average molecular weight is 463 g/mol. The van der Waals surface area contributed by atoms with E-state index in [9.17, 15) is 22.8 Å². The van der Waals surface area contributed by atoms with Crippen LogP contribution < -0.4 is 5.32 Å². The highest BCUT2D eigenvalue weighted by atomic mass is 32.2. The van der Waals surface area contributed by atoms with Gasteiger partial charge in [-0.3, -0.25) is 9.59 Å². The van der Waals surface area contributed by atoms with E-state index in [0.29, 0.717) is 11.4 Å². The van der Waals surface area contributed by atoms with Crippen LogP contribution in [0.4, 0.5) is 5.69 Å². The van der Waals surface area contributed by atoms with Gasteiger partial charge in [0.15, 0.2) is 9.84 Å². The molecule has 31 heavy (non-hydrogen) atoms. The van der Waals surface area contributed by atoms with Crippen molar-refractivity contribution in [3.63, 3.8) is 0 Å². The molecule has 0 radical (unpaired) electrons. The number of esters is 1. The Morgan fingerprint density at radius 3 is 2.58 bits per heavy atom. The van der Waals surface area contributed by atoms with Crippen molar-refractivity contribution in [3.05, 3.63) is 59.2 Å². The molecule has 1 unspecified atom stereocenters. The van der Waals surface area contributed by atoms with Crippen LogP contribution in [0, 0.1) is 6.92 Å². The van der Waals surface area contributed by atoms with E-state index < -0.39 is 33.7 Å². The number of carbonyl (C=O) groups is 3. The minimum absolute atomic E-state index is 0.0514. The van der Waals surface area contributed by atoms with E-state index in [1.807, 2.05) is 0 Å². The van der Waals surface area contributed by atoms with Gasteiger partial charge in [-0.1, -0.05) is 17.7 Å². The van der Waals surface area contributed by atoms with Gasteiger partial charge in [-0.05, 0) is 37.3 Å². The van der Waals surface area contributed by atoms with Gasteiger partial charge in [0.25, 0.3) is 5.91 Å². The molecule has 0 spiro atoms. The number of carbonyl (C=O) groups excluding carboxylic acids is 3. The van der Waals surface area contributed by atoms with Gasteiger partial charge in [0.2, 0.25) is 5.91 Å².